The van der Waals surface area contributed by atoms with Crippen LogP contribution in [-0.4, -0.2) is 15.9 Å². The van der Waals surface area contributed by atoms with Crippen LogP contribution in [0.3, 0.4) is 0 Å². The van der Waals surface area contributed by atoms with Gasteiger partial charge in [-0.25, -0.2) is 4.98 Å². The molecule has 2 heterocycles. The van der Waals surface area contributed by atoms with Crippen LogP contribution in [0.5, 0.6) is 0 Å². The molecule has 3 aromatic rings. The maximum atomic E-state index is 12.6. The fraction of sp³-hybridized carbons (Fsp3) is 0.316. The second kappa shape index (κ2) is 7.25. The van der Waals surface area contributed by atoms with Crippen molar-refractivity contribution in [3.8, 4) is 0 Å². The van der Waals surface area contributed by atoms with Gasteiger partial charge in [0.1, 0.15) is 10.7 Å². The molecule has 0 aliphatic heterocycles. The second-order valence-electron chi connectivity index (χ2n) is 6.37. The van der Waals surface area contributed by atoms with Crippen LogP contribution >= 0.6 is 23.1 Å². The number of nitrogens with zero attached hydrogens (tertiary/aromatic N) is 1. The van der Waals surface area contributed by atoms with Gasteiger partial charge in [-0.1, -0.05) is 12.1 Å². The zero-order valence-corrected chi connectivity index (χ0v) is 16.1. The molecule has 0 atom stereocenters. The highest BCUT2D eigenvalue weighted by molar-refractivity contribution is 7.98. The van der Waals surface area contributed by atoms with Crippen LogP contribution in [0.4, 0.5) is 5.69 Å². The molecule has 0 fully saturated rings. The molecule has 26 heavy (non-hydrogen) atoms. The number of rotatable bonds is 4. The molecule has 2 N–H and O–H groups in total. The molecule has 0 unspecified atom stereocenters. The fourth-order valence-corrected chi connectivity index (χ4v) is 5.47. The average Bonchev–Trinajstić information content (AvgIpc) is 2.99. The molecule has 0 bridgehead atoms. The lowest BCUT2D eigenvalue weighted by molar-refractivity contribution is -0.114. The molecule has 0 radical (unpaired) electrons. The van der Waals surface area contributed by atoms with Gasteiger partial charge in [-0.15, -0.1) is 23.1 Å². The summed E-state index contributed by atoms with van der Waals surface area (Å²) >= 11 is 3.22. The molecule has 5 nitrogen and oxygen atoms in total. The first-order valence-corrected chi connectivity index (χ1v) is 10.4. The van der Waals surface area contributed by atoms with E-state index in [1.165, 1.54) is 23.8 Å². The van der Waals surface area contributed by atoms with Crippen molar-refractivity contribution in [2.24, 2.45) is 0 Å². The van der Waals surface area contributed by atoms with Gasteiger partial charge < -0.3 is 10.3 Å². The van der Waals surface area contributed by atoms with E-state index in [9.17, 15) is 9.59 Å². The molecule has 134 valence electrons. The third kappa shape index (κ3) is 3.41. The molecule has 0 spiro atoms. The summed E-state index contributed by atoms with van der Waals surface area (Å²) in [4.78, 5) is 34.7. The van der Waals surface area contributed by atoms with Crippen molar-refractivity contribution < 1.29 is 4.79 Å². The van der Waals surface area contributed by atoms with Gasteiger partial charge in [-0.3, -0.25) is 9.59 Å². The van der Waals surface area contributed by atoms with Gasteiger partial charge >= 0.3 is 0 Å². The number of hydrogen-bond acceptors (Lipinski definition) is 5. The molecule has 1 aromatic carbocycles. The number of para-hydroxylation sites is 1. The Kier molecular flexibility index (Phi) is 4.82. The number of anilines is 1. The number of carbonyl (C=O) groups is 1. The number of benzene rings is 1. The highest BCUT2D eigenvalue weighted by Gasteiger charge is 2.19. The van der Waals surface area contributed by atoms with Crippen LogP contribution in [0.15, 0.2) is 34.0 Å². The Balaban J connectivity index is 1.61. The Morgan fingerprint density at radius 2 is 2.12 bits per heavy atom. The summed E-state index contributed by atoms with van der Waals surface area (Å²) in [5.74, 6) is 1.11. The molecule has 0 saturated carbocycles. The summed E-state index contributed by atoms with van der Waals surface area (Å²) in [6.45, 7) is 1.49. The molecule has 0 saturated heterocycles. The Morgan fingerprint density at radius 3 is 2.96 bits per heavy atom. The van der Waals surface area contributed by atoms with Crippen molar-refractivity contribution in [3.63, 3.8) is 0 Å². The monoisotopic (exact) mass is 385 g/mol. The van der Waals surface area contributed by atoms with Crippen molar-refractivity contribution in [2.45, 2.75) is 43.3 Å². The molecule has 1 aliphatic rings. The first-order valence-electron chi connectivity index (χ1n) is 8.64. The van der Waals surface area contributed by atoms with E-state index in [0.717, 1.165) is 40.1 Å². The van der Waals surface area contributed by atoms with Gasteiger partial charge in [0, 0.05) is 16.7 Å². The molecule has 1 amide bonds. The Hall–Kier alpha value is -2.12. The quantitative estimate of drug-likeness (QED) is 0.663. The van der Waals surface area contributed by atoms with Crippen molar-refractivity contribution in [3.05, 3.63) is 50.9 Å². The zero-order chi connectivity index (χ0) is 18.1. The van der Waals surface area contributed by atoms with E-state index in [0.29, 0.717) is 11.6 Å². The molecular weight excluding hydrogens is 366 g/mol. The van der Waals surface area contributed by atoms with Gasteiger partial charge in [0.05, 0.1) is 16.8 Å². The third-order valence-corrected chi connectivity index (χ3v) is 6.71. The summed E-state index contributed by atoms with van der Waals surface area (Å²) in [6, 6.07) is 7.64. The lowest BCUT2D eigenvalue weighted by Gasteiger charge is -2.10. The number of hydrogen-bond donors (Lipinski definition) is 2. The minimum absolute atomic E-state index is 0.0276. The van der Waals surface area contributed by atoms with E-state index in [-0.39, 0.29) is 11.5 Å². The van der Waals surface area contributed by atoms with E-state index >= 15 is 0 Å². The molecule has 1 aliphatic carbocycles. The largest absolute Gasteiger partial charge is 0.325 e. The summed E-state index contributed by atoms with van der Waals surface area (Å²) in [5.41, 5.74) is 1.96. The van der Waals surface area contributed by atoms with Crippen LogP contribution in [-0.2, 0) is 23.4 Å². The maximum Gasteiger partial charge on any atom is 0.259 e. The van der Waals surface area contributed by atoms with Crippen molar-refractivity contribution in [1.29, 1.82) is 0 Å². The fourth-order valence-electron chi connectivity index (χ4n) is 3.31. The van der Waals surface area contributed by atoms with E-state index in [2.05, 4.69) is 10.3 Å². The summed E-state index contributed by atoms with van der Waals surface area (Å²) in [5, 5.41) is 3.62. The van der Waals surface area contributed by atoms with Crippen molar-refractivity contribution >= 4 is 44.9 Å². The summed E-state index contributed by atoms with van der Waals surface area (Å²) < 4.78 is 0. The number of nitrogens with one attached hydrogen (secondary N) is 2. The lowest BCUT2D eigenvalue weighted by atomic mass is 9.97. The minimum atomic E-state index is -0.102. The third-order valence-electron chi connectivity index (χ3n) is 4.44. The van der Waals surface area contributed by atoms with E-state index in [4.69, 9.17) is 4.98 Å². The summed E-state index contributed by atoms with van der Waals surface area (Å²) in [6.07, 6.45) is 4.39. The topological polar surface area (TPSA) is 74.8 Å². The number of aromatic nitrogens is 2. The van der Waals surface area contributed by atoms with E-state index in [1.807, 2.05) is 24.3 Å². The summed E-state index contributed by atoms with van der Waals surface area (Å²) in [7, 11) is 0. The van der Waals surface area contributed by atoms with Gasteiger partial charge in [0.25, 0.3) is 5.56 Å². The SMILES string of the molecule is CC(=O)Nc1ccccc1SCc1nc2sc3c(c2c(=O)[nH]1)CCCC3. The maximum absolute atomic E-state index is 12.6. The predicted octanol–water partition coefficient (Wildman–Crippen LogP) is 4.11. The van der Waals surface area contributed by atoms with Gasteiger partial charge in [0.2, 0.25) is 5.91 Å². The smallest absolute Gasteiger partial charge is 0.259 e. The number of fused-ring (bicyclic) bond motifs is 3. The highest BCUT2D eigenvalue weighted by atomic mass is 32.2. The van der Waals surface area contributed by atoms with E-state index in [1.54, 1.807) is 23.1 Å². The van der Waals surface area contributed by atoms with E-state index < -0.39 is 0 Å². The number of carbonyl (C=O) groups excluding carboxylic acids is 1. The second-order valence-corrected chi connectivity index (χ2v) is 8.47. The normalized spacial score (nSPS) is 13.6. The molecule has 2 aromatic heterocycles. The van der Waals surface area contributed by atoms with Crippen molar-refractivity contribution in [2.75, 3.05) is 5.32 Å². The first-order chi connectivity index (χ1) is 12.6. The van der Waals surface area contributed by atoms with Crippen LogP contribution < -0.4 is 10.9 Å². The molecular formula is C19H19N3O2S2. The number of thioether (sulfide) groups is 1. The zero-order valence-electron chi connectivity index (χ0n) is 14.4. The van der Waals surface area contributed by atoms with Gasteiger partial charge in [-0.05, 0) is 43.4 Å². The molecule has 7 heteroatoms. The average molecular weight is 386 g/mol. The Labute approximate surface area is 159 Å². The van der Waals surface area contributed by atoms with Crippen LogP contribution in [0.25, 0.3) is 10.2 Å². The minimum Gasteiger partial charge on any atom is -0.325 e. The lowest BCUT2D eigenvalue weighted by Crippen LogP contribution is -2.12. The molecule has 4 rings (SSSR count). The number of aromatic amines is 1. The Bertz CT molecular complexity index is 1040. The van der Waals surface area contributed by atoms with Crippen molar-refractivity contribution in [1.82, 2.24) is 9.97 Å². The van der Waals surface area contributed by atoms with Crippen LogP contribution in [0, 0.1) is 0 Å². The number of thiophene rings is 1. The number of amides is 1. The Morgan fingerprint density at radius 1 is 1.31 bits per heavy atom. The highest BCUT2D eigenvalue weighted by Crippen LogP contribution is 2.34. The first kappa shape index (κ1) is 17.3. The number of aryl methyl sites for hydroxylation is 2. The predicted molar refractivity (Wildman–Crippen MR) is 107 cm³/mol. The number of H-pyrrole nitrogens is 1. The van der Waals surface area contributed by atoms with Gasteiger partial charge in [0.15, 0.2) is 0 Å². The standard InChI is InChI=1S/C19H19N3O2S2/c1-11(23)20-13-7-3-5-9-15(13)25-10-16-21-18(24)17-12-6-2-4-8-14(12)26-19(17)22-16/h3,5,7,9H,2,4,6,8,10H2,1H3,(H,20,23)(H,21,22,24). The van der Waals surface area contributed by atoms with Gasteiger partial charge in [-0.2, -0.15) is 0 Å². The van der Waals surface area contributed by atoms with Crippen LogP contribution in [0.2, 0.25) is 0 Å². The van der Waals surface area contributed by atoms with Crippen LogP contribution in [0.1, 0.15) is 36.0 Å².